The number of anilines is 1. The van der Waals surface area contributed by atoms with Crippen LogP contribution in [0.4, 0.5) is 10.1 Å². The fourth-order valence-electron chi connectivity index (χ4n) is 1.48. The number of sulfonamides is 1. The van der Waals surface area contributed by atoms with Gasteiger partial charge in [-0.2, -0.15) is 0 Å². The average Bonchev–Trinajstić information content (AvgIpc) is 2.34. The summed E-state index contributed by atoms with van der Waals surface area (Å²) in [6.45, 7) is 0. The largest absolute Gasteiger partial charge is 0.278 e. The van der Waals surface area contributed by atoms with Crippen LogP contribution in [0.2, 0.25) is 10.0 Å². The molecule has 20 heavy (non-hydrogen) atoms. The Kier molecular flexibility index (Phi) is 4.59. The van der Waals surface area contributed by atoms with Crippen molar-refractivity contribution in [3.8, 4) is 0 Å². The van der Waals surface area contributed by atoms with Gasteiger partial charge in [-0.3, -0.25) is 4.72 Å². The van der Waals surface area contributed by atoms with E-state index < -0.39 is 15.8 Å². The van der Waals surface area contributed by atoms with Crippen LogP contribution in [0.3, 0.4) is 0 Å². The van der Waals surface area contributed by atoms with Crippen LogP contribution in [0, 0.1) is 5.82 Å². The first-order valence-electron chi connectivity index (χ1n) is 5.23. The summed E-state index contributed by atoms with van der Waals surface area (Å²) < 4.78 is 39.9. The normalized spacial score (nSPS) is 11.4. The highest BCUT2D eigenvalue weighted by Crippen LogP contribution is 2.32. The second-order valence-corrected chi connectivity index (χ2v) is 7.07. The van der Waals surface area contributed by atoms with Gasteiger partial charge < -0.3 is 0 Å². The third-order valence-corrected chi connectivity index (χ3v) is 5.54. The Balaban J connectivity index is 2.44. The van der Waals surface area contributed by atoms with Gasteiger partial charge in [0.05, 0.1) is 15.7 Å². The monoisotopic (exact) mass is 397 g/mol. The average molecular weight is 399 g/mol. The molecule has 0 saturated heterocycles. The van der Waals surface area contributed by atoms with E-state index in [1.807, 2.05) is 0 Å². The maximum atomic E-state index is 13.0. The molecule has 0 aliphatic carbocycles. The summed E-state index contributed by atoms with van der Waals surface area (Å²) in [5.74, 6) is -0.545. The molecule has 2 aromatic rings. The lowest BCUT2D eigenvalue weighted by Crippen LogP contribution is -2.14. The molecule has 2 aromatic carbocycles. The predicted octanol–water partition coefficient (Wildman–Crippen LogP) is 4.70. The number of halogens is 4. The third kappa shape index (κ3) is 3.25. The molecule has 0 atom stereocenters. The summed E-state index contributed by atoms with van der Waals surface area (Å²) in [6, 6.07) is 7.84. The molecule has 0 aliphatic heterocycles. The molecule has 0 spiro atoms. The van der Waals surface area contributed by atoms with E-state index in [9.17, 15) is 12.8 Å². The van der Waals surface area contributed by atoms with Gasteiger partial charge in [-0.25, -0.2) is 12.8 Å². The summed E-state index contributed by atoms with van der Waals surface area (Å²) in [5, 5.41) is 0.320. The topological polar surface area (TPSA) is 46.2 Å². The van der Waals surface area contributed by atoms with E-state index in [-0.39, 0.29) is 25.1 Å². The smallest absolute Gasteiger partial charge is 0.263 e. The van der Waals surface area contributed by atoms with Gasteiger partial charge in [0, 0.05) is 4.47 Å². The highest BCUT2D eigenvalue weighted by atomic mass is 79.9. The Morgan fingerprint density at radius 3 is 2.50 bits per heavy atom. The fraction of sp³-hybridized carbons (Fsp3) is 0. The molecule has 3 nitrogen and oxygen atoms in total. The molecule has 1 N–H and O–H groups in total. The zero-order chi connectivity index (χ0) is 14.9. The quantitative estimate of drug-likeness (QED) is 0.814. The van der Waals surface area contributed by atoms with E-state index >= 15 is 0 Å². The van der Waals surface area contributed by atoms with Crippen LogP contribution in [0.25, 0.3) is 0 Å². The van der Waals surface area contributed by atoms with Crippen LogP contribution >= 0.6 is 39.1 Å². The molecule has 0 radical (unpaired) electrons. The second-order valence-electron chi connectivity index (χ2n) is 3.78. The van der Waals surface area contributed by atoms with Crippen molar-refractivity contribution in [3.05, 3.63) is 56.7 Å². The Morgan fingerprint density at radius 2 is 1.85 bits per heavy atom. The zero-order valence-corrected chi connectivity index (χ0v) is 13.6. The highest BCUT2D eigenvalue weighted by molar-refractivity contribution is 9.10. The molecular weight excluding hydrogens is 392 g/mol. The van der Waals surface area contributed by atoms with E-state index in [1.54, 1.807) is 6.07 Å². The Hall–Kier alpha value is -0.820. The SMILES string of the molecule is O=S(=O)(Nc1cccc(Cl)c1Cl)c1ccc(F)cc1Br. The van der Waals surface area contributed by atoms with Crippen LogP contribution in [0.5, 0.6) is 0 Å². The van der Waals surface area contributed by atoms with E-state index in [0.29, 0.717) is 0 Å². The summed E-state index contributed by atoms with van der Waals surface area (Å²) in [4.78, 5) is -0.102. The first kappa shape index (κ1) is 15.6. The van der Waals surface area contributed by atoms with Crippen molar-refractivity contribution in [2.24, 2.45) is 0 Å². The van der Waals surface area contributed by atoms with Crippen LogP contribution in [-0.4, -0.2) is 8.42 Å². The van der Waals surface area contributed by atoms with Crippen LogP contribution in [0.15, 0.2) is 45.8 Å². The van der Waals surface area contributed by atoms with E-state index in [4.69, 9.17) is 23.2 Å². The number of hydrogen-bond acceptors (Lipinski definition) is 2. The third-order valence-electron chi connectivity index (χ3n) is 2.38. The number of nitrogens with one attached hydrogen (secondary N) is 1. The van der Waals surface area contributed by atoms with Crippen LogP contribution < -0.4 is 4.72 Å². The first-order chi connectivity index (χ1) is 9.31. The van der Waals surface area contributed by atoms with Crippen molar-refractivity contribution in [3.63, 3.8) is 0 Å². The Bertz CT molecular complexity index is 768. The summed E-state index contributed by atoms with van der Waals surface area (Å²) in [7, 11) is -3.91. The van der Waals surface area contributed by atoms with Gasteiger partial charge in [-0.1, -0.05) is 29.3 Å². The van der Waals surface area contributed by atoms with Crippen molar-refractivity contribution >= 4 is 54.8 Å². The Morgan fingerprint density at radius 1 is 1.15 bits per heavy atom. The van der Waals surface area contributed by atoms with E-state index in [0.717, 1.165) is 18.2 Å². The predicted molar refractivity (Wildman–Crippen MR) is 81.4 cm³/mol. The molecule has 8 heteroatoms. The minimum Gasteiger partial charge on any atom is -0.278 e. The lowest BCUT2D eigenvalue weighted by molar-refractivity contribution is 0.599. The molecular formula is C12H7BrCl2FNO2S. The molecule has 0 saturated carbocycles. The van der Waals surface area contributed by atoms with Gasteiger partial charge in [0.1, 0.15) is 10.7 Å². The second kappa shape index (κ2) is 5.89. The summed E-state index contributed by atoms with van der Waals surface area (Å²) in [5.41, 5.74) is 0.149. The van der Waals surface area contributed by atoms with Gasteiger partial charge >= 0.3 is 0 Å². The minimum absolute atomic E-state index is 0.0935. The number of hydrogen-bond donors (Lipinski definition) is 1. The van der Waals surface area contributed by atoms with Crippen molar-refractivity contribution in [2.45, 2.75) is 4.90 Å². The maximum Gasteiger partial charge on any atom is 0.263 e. The molecule has 0 aromatic heterocycles. The van der Waals surface area contributed by atoms with E-state index in [1.165, 1.54) is 12.1 Å². The molecule has 2 rings (SSSR count). The summed E-state index contributed by atoms with van der Waals surface area (Å²) >= 11 is 14.7. The lowest BCUT2D eigenvalue weighted by atomic mass is 10.3. The molecule has 0 aliphatic rings. The molecule has 0 heterocycles. The van der Waals surface area contributed by atoms with Crippen molar-refractivity contribution < 1.29 is 12.8 Å². The van der Waals surface area contributed by atoms with Crippen LogP contribution in [-0.2, 0) is 10.0 Å². The van der Waals surface area contributed by atoms with Crippen molar-refractivity contribution in [1.29, 1.82) is 0 Å². The lowest BCUT2D eigenvalue weighted by Gasteiger charge is -2.11. The summed E-state index contributed by atoms with van der Waals surface area (Å²) in [6.07, 6.45) is 0. The van der Waals surface area contributed by atoms with Gasteiger partial charge in [0.2, 0.25) is 0 Å². The molecule has 0 unspecified atom stereocenters. The minimum atomic E-state index is -3.91. The Labute approximate surface area is 133 Å². The van der Waals surface area contributed by atoms with E-state index in [2.05, 4.69) is 20.7 Å². The first-order valence-corrected chi connectivity index (χ1v) is 8.26. The van der Waals surface area contributed by atoms with Crippen molar-refractivity contribution in [1.82, 2.24) is 0 Å². The fourth-order valence-corrected chi connectivity index (χ4v) is 4.00. The highest BCUT2D eigenvalue weighted by Gasteiger charge is 2.19. The molecule has 0 fully saturated rings. The van der Waals surface area contributed by atoms with Gasteiger partial charge in [-0.15, -0.1) is 0 Å². The standard InChI is InChI=1S/C12H7BrCl2FNO2S/c13-8-6-7(16)4-5-11(8)20(18,19)17-10-3-1-2-9(14)12(10)15/h1-6,17H. The van der Waals surface area contributed by atoms with Crippen LogP contribution in [0.1, 0.15) is 0 Å². The van der Waals surface area contributed by atoms with Gasteiger partial charge in [-0.05, 0) is 46.3 Å². The van der Waals surface area contributed by atoms with Gasteiger partial charge in [0.25, 0.3) is 10.0 Å². The molecule has 0 amide bonds. The van der Waals surface area contributed by atoms with Crippen molar-refractivity contribution in [2.75, 3.05) is 4.72 Å². The number of rotatable bonds is 3. The maximum absolute atomic E-state index is 13.0. The molecule has 106 valence electrons. The zero-order valence-electron chi connectivity index (χ0n) is 9.70. The molecule has 0 bridgehead atoms. The number of benzene rings is 2. The van der Waals surface area contributed by atoms with Gasteiger partial charge in [0.15, 0.2) is 0 Å².